The summed E-state index contributed by atoms with van der Waals surface area (Å²) in [5.74, 6) is 4.47. The van der Waals surface area contributed by atoms with E-state index in [1.165, 1.54) is 18.2 Å². The highest BCUT2D eigenvalue weighted by atomic mass is 35.5. The minimum atomic E-state index is -0.529. The number of halogens is 2. The number of nitrogen functional groups attached to an aromatic ring is 1. The zero-order valence-electron chi connectivity index (χ0n) is 10.7. The van der Waals surface area contributed by atoms with Crippen LogP contribution in [0.5, 0.6) is 0 Å². The number of hydrogen-bond acceptors (Lipinski definition) is 3. The van der Waals surface area contributed by atoms with Crippen molar-refractivity contribution in [3.05, 3.63) is 58.4 Å². The molecule has 0 unspecified atom stereocenters. The van der Waals surface area contributed by atoms with E-state index < -0.39 is 5.82 Å². The third kappa shape index (κ3) is 3.07. The van der Waals surface area contributed by atoms with Crippen LogP contribution in [0, 0.1) is 12.7 Å². The number of carbonyl (C=O) groups excluding carboxylic acids is 1. The summed E-state index contributed by atoms with van der Waals surface area (Å²) in [6.45, 7) is 1.80. The van der Waals surface area contributed by atoms with Crippen molar-refractivity contribution < 1.29 is 9.18 Å². The third-order valence-electron chi connectivity index (χ3n) is 2.82. The molecule has 0 bridgehead atoms. The Bertz CT molecular complexity index is 661. The van der Waals surface area contributed by atoms with Crippen LogP contribution >= 0.6 is 11.6 Å². The fraction of sp³-hybridized carbons (Fsp3) is 0.0714. The predicted molar refractivity (Wildman–Crippen MR) is 78.4 cm³/mol. The number of hydrazine groups is 1. The molecule has 0 aliphatic carbocycles. The Morgan fingerprint density at radius 2 is 1.90 bits per heavy atom. The maximum Gasteiger partial charge on any atom is 0.255 e. The topological polar surface area (TPSA) is 67.1 Å². The molecule has 104 valence electrons. The van der Waals surface area contributed by atoms with Gasteiger partial charge in [-0.25, -0.2) is 4.39 Å². The van der Waals surface area contributed by atoms with Crippen molar-refractivity contribution in [1.29, 1.82) is 0 Å². The lowest BCUT2D eigenvalue weighted by atomic mass is 10.1. The van der Waals surface area contributed by atoms with Crippen molar-refractivity contribution in [2.24, 2.45) is 5.84 Å². The van der Waals surface area contributed by atoms with Crippen molar-refractivity contribution in [3.63, 3.8) is 0 Å². The van der Waals surface area contributed by atoms with Crippen molar-refractivity contribution in [2.75, 3.05) is 10.7 Å². The zero-order chi connectivity index (χ0) is 14.7. The second-order valence-corrected chi connectivity index (χ2v) is 4.66. The van der Waals surface area contributed by atoms with Crippen molar-refractivity contribution in [3.8, 4) is 0 Å². The standard InChI is InChI=1S/C14H13ClFN3O/c1-8-6-10(19-17)2-4-11(8)14(20)18-9-3-5-13(16)12(15)7-9/h2-7,19H,17H2,1H3,(H,18,20). The summed E-state index contributed by atoms with van der Waals surface area (Å²) in [6.07, 6.45) is 0. The molecule has 0 saturated heterocycles. The van der Waals surface area contributed by atoms with Crippen LogP contribution in [0.15, 0.2) is 36.4 Å². The van der Waals surface area contributed by atoms with E-state index >= 15 is 0 Å². The van der Waals surface area contributed by atoms with E-state index in [4.69, 9.17) is 17.4 Å². The lowest BCUT2D eigenvalue weighted by Crippen LogP contribution is -2.14. The minimum absolute atomic E-state index is 0.0396. The first-order chi connectivity index (χ1) is 9.51. The third-order valence-corrected chi connectivity index (χ3v) is 3.10. The van der Waals surface area contributed by atoms with Crippen LogP contribution in [0.2, 0.25) is 5.02 Å². The van der Waals surface area contributed by atoms with Crippen LogP contribution in [0.4, 0.5) is 15.8 Å². The molecule has 1 amide bonds. The molecular weight excluding hydrogens is 281 g/mol. The largest absolute Gasteiger partial charge is 0.324 e. The van der Waals surface area contributed by atoms with Gasteiger partial charge in [0.15, 0.2) is 0 Å². The van der Waals surface area contributed by atoms with Gasteiger partial charge in [0.25, 0.3) is 5.91 Å². The average Bonchev–Trinajstić information content (AvgIpc) is 2.42. The average molecular weight is 294 g/mol. The molecule has 0 fully saturated rings. The van der Waals surface area contributed by atoms with Gasteiger partial charge in [-0.3, -0.25) is 10.6 Å². The van der Waals surface area contributed by atoms with E-state index in [2.05, 4.69) is 10.7 Å². The van der Waals surface area contributed by atoms with Crippen LogP contribution in [0.1, 0.15) is 15.9 Å². The molecule has 0 aliphatic rings. The molecule has 0 saturated carbocycles. The molecular formula is C14H13ClFN3O. The molecule has 0 radical (unpaired) electrons. The molecule has 0 aromatic heterocycles. The van der Waals surface area contributed by atoms with Gasteiger partial charge in [0.2, 0.25) is 0 Å². The summed E-state index contributed by atoms with van der Waals surface area (Å²) in [6, 6.07) is 9.12. The molecule has 4 N–H and O–H groups in total. The van der Waals surface area contributed by atoms with Crippen LogP contribution in [0.25, 0.3) is 0 Å². The van der Waals surface area contributed by atoms with E-state index in [-0.39, 0.29) is 10.9 Å². The SMILES string of the molecule is Cc1cc(NN)ccc1C(=O)Nc1ccc(F)c(Cl)c1. The zero-order valence-corrected chi connectivity index (χ0v) is 11.5. The van der Waals surface area contributed by atoms with Gasteiger partial charge in [0, 0.05) is 16.9 Å². The molecule has 0 aliphatic heterocycles. The second kappa shape index (κ2) is 5.90. The molecule has 20 heavy (non-hydrogen) atoms. The molecule has 2 aromatic rings. The van der Waals surface area contributed by atoms with Gasteiger partial charge in [-0.05, 0) is 48.9 Å². The molecule has 2 rings (SSSR count). The number of rotatable bonds is 3. The Morgan fingerprint density at radius 3 is 2.50 bits per heavy atom. The summed E-state index contributed by atoms with van der Waals surface area (Å²) in [5, 5.41) is 2.62. The van der Waals surface area contributed by atoms with Gasteiger partial charge in [0.05, 0.1) is 5.02 Å². The summed E-state index contributed by atoms with van der Waals surface area (Å²) in [7, 11) is 0. The van der Waals surface area contributed by atoms with Crippen molar-refractivity contribution in [1.82, 2.24) is 0 Å². The molecule has 2 aromatic carbocycles. The van der Waals surface area contributed by atoms with E-state index in [0.717, 1.165) is 5.56 Å². The lowest BCUT2D eigenvalue weighted by Gasteiger charge is -2.09. The summed E-state index contributed by atoms with van der Waals surface area (Å²) in [4.78, 5) is 12.1. The highest BCUT2D eigenvalue weighted by Gasteiger charge is 2.10. The van der Waals surface area contributed by atoms with E-state index in [9.17, 15) is 9.18 Å². The smallest absolute Gasteiger partial charge is 0.255 e. The number of benzene rings is 2. The van der Waals surface area contributed by atoms with Crippen LogP contribution in [0.3, 0.4) is 0 Å². The Kier molecular flexibility index (Phi) is 4.22. The first kappa shape index (κ1) is 14.3. The monoisotopic (exact) mass is 293 g/mol. The number of carbonyl (C=O) groups is 1. The number of anilines is 2. The summed E-state index contributed by atoms with van der Waals surface area (Å²) in [5.41, 5.74) is 4.92. The number of nitrogens with two attached hydrogens (primary N) is 1. The van der Waals surface area contributed by atoms with E-state index in [1.807, 2.05) is 0 Å². The highest BCUT2D eigenvalue weighted by molar-refractivity contribution is 6.31. The van der Waals surface area contributed by atoms with Gasteiger partial charge >= 0.3 is 0 Å². The summed E-state index contributed by atoms with van der Waals surface area (Å²) < 4.78 is 13.0. The summed E-state index contributed by atoms with van der Waals surface area (Å²) >= 11 is 5.67. The Morgan fingerprint density at radius 1 is 1.20 bits per heavy atom. The molecule has 4 nitrogen and oxygen atoms in total. The van der Waals surface area contributed by atoms with Gasteiger partial charge in [-0.1, -0.05) is 11.6 Å². The Labute approximate surface area is 120 Å². The van der Waals surface area contributed by atoms with Gasteiger partial charge in [-0.15, -0.1) is 0 Å². The molecule has 0 atom stereocenters. The van der Waals surface area contributed by atoms with Crippen LogP contribution in [-0.2, 0) is 0 Å². The van der Waals surface area contributed by atoms with Crippen molar-refractivity contribution >= 4 is 28.9 Å². The predicted octanol–water partition coefficient (Wildman–Crippen LogP) is 3.33. The quantitative estimate of drug-likeness (QED) is 0.601. The first-order valence-electron chi connectivity index (χ1n) is 5.85. The molecule has 6 heteroatoms. The normalized spacial score (nSPS) is 10.2. The van der Waals surface area contributed by atoms with E-state index in [0.29, 0.717) is 16.9 Å². The van der Waals surface area contributed by atoms with Crippen LogP contribution < -0.4 is 16.6 Å². The van der Waals surface area contributed by atoms with Gasteiger partial charge in [0.1, 0.15) is 5.82 Å². The van der Waals surface area contributed by atoms with Gasteiger partial charge in [-0.2, -0.15) is 0 Å². The fourth-order valence-corrected chi connectivity index (χ4v) is 1.96. The lowest BCUT2D eigenvalue weighted by molar-refractivity contribution is 0.102. The van der Waals surface area contributed by atoms with Gasteiger partial charge < -0.3 is 10.7 Å². The van der Waals surface area contributed by atoms with Crippen molar-refractivity contribution in [2.45, 2.75) is 6.92 Å². The number of nitrogens with one attached hydrogen (secondary N) is 2. The van der Waals surface area contributed by atoms with E-state index in [1.54, 1.807) is 25.1 Å². The molecule has 0 spiro atoms. The maximum absolute atomic E-state index is 13.0. The van der Waals surface area contributed by atoms with Crippen LogP contribution in [-0.4, -0.2) is 5.91 Å². The first-order valence-corrected chi connectivity index (χ1v) is 6.22. The second-order valence-electron chi connectivity index (χ2n) is 4.26. The maximum atomic E-state index is 13.0. The Hall–Kier alpha value is -2.11. The fourth-order valence-electron chi connectivity index (χ4n) is 1.78. The minimum Gasteiger partial charge on any atom is -0.324 e. The Balaban J connectivity index is 2.21. The number of amides is 1. The molecule has 0 heterocycles. The highest BCUT2D eigenvalue weighted by Crippen LogP contribution is 2.21. The number of aryl methyl sites for hydroxylation is 1. The number of hydrogen-bond donors (Lipinski definition) is 3.